The summed E-state index contributed by atoms with van der Waals surface area (Å²) in [6.45, 7) is 10.3. The minimum absolute atomic E-state index is 0.491. The molecule has 5 heteroatoms. The third-order valence-electron chi connectivity index (χ3n) is 4.87. The van der Waals surface area contributed by atoms with Gasteiger partial charge in [0.2, 0.25) is 5.95 Å². The maximum Gasteiger partial charge on any atom is 0.225 e. The van der Waals surface area contributed by atoms with Crippen molar-refractivity contribution >= 4 is 5.95 Å². The number of hydrogen-bond donors (Lipinski definition) is 1. The number of nitrogens with one attached hydrogen (secondary N) is 1. The molecular formula is C20H29N5. The normalized spacial score (nSPS) is 16.8. The first-order valence-electron chi connectivity index (χ1n) is 9.13. The third-order valence-corrected chi connectivity index (χ3v) is 4.87. The number of rotatable bonds is 6. The molecule has 1 saturated heterocycles. The molecule has 3 rings (SSSR count). The van der Waals surface area contributed by atoms with Crippen LogP contribution in [0.25, 0.3) is 0 Å². The van der Waals surface area contributed by atoms with Crippen molar-refractivity contribution in [3.63, 3.8) is 0 Å². The Labute approximate surface area is 151 Å². The van der Waals surface area contributed by atoms with Gasteiger partial charge in [0.25, 0.3) is 0 Å². The summed E-state index contributed by atoms with van der Waals surface area (Å²) in [5.41, 5.74) is 3.83. The van der Waals surface area contributed by atoms with Crippen LogP contribution < -0.4 is 10.2 Å². The van der Waals surface area contributed by atoms with E-state index in [-0.39, 0.29) is 0 Å². The van der Waals surface area contributed by atoms with Crippen molar-refractivity contribution in [2.45, 2.75) is 26.3 Å². The number of aromatic nitrogens is 2. The van der Waals surface area contributed by atoms with Crippen molar-refractivity contribution < 1.29 is 0 Å². The van der Waals surface area contributed by atoms with Gasteiger partial charge in [0.1, 0.15) is 0 Å². The summed E-state index contributed by atoms with van der Waals surface area (Å²) < 4.78 is 0. The Bertz CT molecular complexity index is 662. The minimum atomic E-state index is 0.491. The predicted octanol–water partition coefficient (Wildman–Crippen LogP) is 2.43. The molecule has 0 radical (unpaired) electrons. The summed E-state index contributed by atoms with van der Waals surface area (Å²) in [5.74, 6) is 1.34. The first-order chi connectivity index (χ1) is 12.1. The van der Waals surface area contributed by atoms with Gasteiger partial charge in [-0.25, -0.2) is 9.97 Å². The molecule has 1 unspecified atom stereocenters. The zero-order valence-electron chi connectivity index (χ0n) is 15.6. The second-order valence-corrected chi connectivity index (χ2v) is 7.13. The Kier molecular flexibility index (Phi) is 6.00. The van der Waals surface area contributed by atoms with Gasteiger partial charge >= 0.3 is 0 Å². The van der Waals surface area contributed by atoms with Crippen LogP contribution in [0.3, 0.4) is 0 Å². The van der Waals surface area contributed by atoms with Crippen LogP contribution in [0.2, 0.25) is 0 Å². The lowest BCUT2D eigenvalue weighted by molar-refractivity contribution is 0.311. The van der Waals surface area contributed by atoms with Crippen LogP contribution in [0.4, 0.5) is 5.95 Å². The number of likely N-dealkylation sites (N-methyl/N-ethyl adjacent to an activating group) is 1. The first-order valence-corrected chi connectivity index (χ1v) is 9.13. The summed E-state index contributed by atoms with van der Waals surface area (Å²) in [6, 6.07) is 8.74. The van der Waals surface area contributed by atoms with Crippen LogP contribution in [0.15, 0.2) is 36.7 Å². The fourth-order valence-electron chi connectivity index (χ4n) is 3.14. The van der Waals surface area contributed by atoms with Crippen LogP contribution in [0.5, 0.6) is 0 Å². The number of hydrogen-bond acceptors (Lipinski definition) is 5. The lowest BCUT2D eigenvalue weighted by Gasteiger charge is -2.32. The molecule has 1 aromatic heterocycles. The van der Waals surface area contributed by atoms with Crippen LogP contribution in [-0.2, 0) is 6.54 Å². The topological polar surface area (TPSA) is 44.3 Å². The first kappa shape index (κ1) is 17.8. The Morgan fingerprint density at radius 1 is 1.12 bits per heavy atom. The minimum Gasteiger partial charge on any atom is -0.338 e. The maximum absolute atomic E-state index is 4.55. The number of benzene rings is 1. The standard InChI is InChI=1S/C20H29N5/c1-16-5-4-6-19(11-16)17(2)12-21-13-18-14-22-20(23-15-18)25-9-7-24(3)8-10-25/h4-6,11,14-15,17,21H,7-10,12-13H2,1-3H3. The van der Waals surface area contributed by atoms with Gasteiger partial charge in [-0.05, 0) is 25.5 Å². The zero-order valence-corrected chi connectivity index (χ0v) is 15.6. The van der Waals surface area contributed by atoms with Gasteiger partial charge in [0.15, 0.2) is 0 Å². The van der Waals surface area contributed by atoms with Gasteiger partial charge in [0, 0.05) is 57.2 Å². The molecule has 0 saturated carbocycles. The summed E-state index contributed by atoms with van der Waals surface area (Å²) in [5, 5.41) is 3.52. The van der Waals surface area contributed by atoms with E-state index in [1.807, 2.05) is 12.4 Å². The van der Waals surface area contributed by atoms with Gasteiger partial charge in [-0.2, -0.15) is 0 Å². The number of anilines is 1. The van der Waals surface area contributed by atoms with Crippen LogP contribution in [0, 0.1) is 6.92 Å². The van der Waals surface area contributed by atoms with Gasteiger partial charge in [-0.1, -0.05) is 36.8 Å². The fraction of sp³-hybridized carbons (Fsp3) is 0.500. The lowest BCUT2D eigenvalue weighted by Crippen LogP contribution is -2.45. The number of aryl methyl sites for hydroxylation is 1. The molecule has 25 heavy (non-hydrogen) atoms. The van der Waals surface area contributed by atoms with E-state index in [4.69, 9.17) is 0 Å². The van der Waals surface area contributed by atoms with Crippen molar-refractivity contribution in [1.29, 1.82) is 0 Å². The zero-order chi connectivity index (χ0) is 17.6. The van der Waals surface area contributed by atoms with Crippen molar-refractivity contribution in [2.24, 2.45) is 0 Å². The van der Waals surface area contributed by atoms with E-state index in [1.54, 1.807) is 0 Å². The molecule has 0 spiro atoms. The highest BCUT2D eigenvalue weighted by Crippen LogP contribution is 2.16. The van der Waals surface area contributed by atoms with E-state index in [9.17, 15) is 0 Å². The molecular weight excluding hydrogens is 310 g/mol. The van der Waals surface area contributed by atoms with Gasteiger partial charge in [-0.15, -0.1) is 0 Å². The SMILES string of the molecule is Cc1cccc(C(C)CNCc2cnc(N3CCN(C)CC3)nc2)c1. The molecule has 0 aliphatic carbocycles. The molecule has 1 N–H and O–H groups in total. The molecule has 0 bridgehead atoms. The molecule has 1 aromatic carbocycles. The summed E-state index contributed by atoms with van der Waals surface area (Å²) in [4.78, 5) is 13.7. The van der Waals surface area contributed by atoms with Crippen molar-refractivity contribution in [2.75, 3.05) is 44.7 Å². The van der Waals surface area contributed by atoms with Crippen molar-refractivity contribution in [3.8, 4) is 0 Å². The molecule has 1 fully saturated rings. The van der Waals surface area contributed by atoms with E-state index >= 15 is 0 Å². The quantitative estimate of drug-likeness (QED) is 0.876. The Balaban J connectivity index is 1.47. The second kappa shape index (κ2) is 8.41. The molecule has 2 heterocycles. The van der Waals surface area contributed by atoms with Crippen LogP contribution >= 0.6 is 0 Å². The van der Waals surface area contributed by atoms with Gasteiger partial charge < -0.3 is 15.1 Å². The average Bonchev–Trinajstić information content (AvgIpc) is 2.63. The monoisotopic (exact) mass is 339 g/mol. The highest BCUT2D eigenvalue weighted by Gasteiger charge is 2.16. The van der Waals surface area contributed by atoms with Crippen LogP contribution in [0.1, 0.15) is 29.5 Å². The van der Waals surface area contributed by atoms with Crippen molar-refractivity contribution in [1.82, 2.24) is 20.2 Å². The number of piperazine rings is 1. The Morgan fingerprint density at radius 3 is 2.52 bits per heavy atom. The lowest BCUT2D eigenvalue weighted by atomic mass is 9.99. The van der Waals surface area contributed by atoms with E-state index < -0.39 is 0 Å². The largest absolute Gasteiger partial charge is 0.338 e. The summed E-state index contributed by atoms with van der Waals surface area (Å²) >= 11 is 0. The van der Waals surface area contributed by atoms with Gasteiger partial charge in [-0.3, -0.25) is 0 Å². The summed E-state index contributed by atoms with van der Waals surface area (Å²) in [6.07, 6.45) is 3.90. The highest BCUT2D eigenvalue weighted by atomic mass is 15.3. The van der Waals surface area contributed by atoms with Crippen molar-refractivity contribution in [3.05, 3.63) is 53.3 Å². The Hall–Kier alpha value is -1.98. The summed E-state index contributed by atoms with van der Waals surface area (Å²) in [7, 11) is 2.16. The highest BCUT2D eigenvalue weighted by molar-refractivity contribution is 5.30. The van der Waals surface area contributed by atoms with E-state index in [0.717, 1.165) is 50.8 Å². The Morgan fingerprint density at radius 2 is 1.84 bits per heavy atom. The molecule has 134 valence electrons. The van der Waals surface area contributed by atoms with E-state index in [2.05, 4.69) is 70.2 Å². The van der Waals surface area contributed by atoms with E-state index in [0.29, 0.717) is 5.92 Å². The smallest absolute Gasteiger partial charge is 0.225 e. The fourth-order valence-corrected chi connectivity index (χ4v) is 3.14. The predicted molar refractivity (Wildman–Crippen MR) is 103 cm³/mol. The number of nitrogens with zero attached hydrogens (tertiary/aromatic N) is 4. The maximum atomic E-state index is 4.55. The molecule has 1 aliphatic heterocycles. The molecule has 1 aliphatic rings. The van der Waals surface area contributed by atoms with Crippen LogP contribution in [-0.4, -0.2) is 54.6 Å². The molecule has 1 atom stereocenters. The molecule has 2 aromatic rings. The second-order valence-electron chi connectivity index (χ2n) is 7.13. The van der Waals surface area contributed by atoms with Gasteiger partial charge in [0.05, 0.1) is 0 Å². The molecule has 5 nitrogen and oxygen atoms in total. The molecule has 0 amide bonds. The third kappa shape index (κ3) is 5.00. The average molecular weight is 339 g/mol. The van der Waals surface area contributed by atoms with E-state index in [1.165, 1.54) is 11.1 Å².